The molecule has 0 aromatic heterocycles. The Bertz CT molecular complexity index is 651. The first-order chi connectivity index (χ1) is 8.23. The fraction of sp³-hybridized carbons (Fsp3) is 0.0909. The Morgan fingerprint density at radius 1 is 1.11 bits per heavy atom. The zero-order valence-electron chi connectivity index (χ0n) is 8.92. The van der Waals surface area contributed by atoms with Crippen LogP contribution in [0.1, 0.15) is 5.56 Å². The summed E-state index contributed by atoms with van der Waals surface area (Å²) in [7, 11) is -5.63. The summed E-state index contributed by atoms with van der Waals surface area (Å²) in [4.78, 5) is 17.3. The van der Waals surface area contributed by atoms with Crippen molar-refractivity contribution >= 4 is 18.4 Å². The molecule has 0 amide bonds. The van der Waals surface area contributed by atoms with E-state index in [0.29, 0.717) is 11.5 Å². The number of alkyl halides is 2. The van der Waals surface area contributed by atoms with Crippen LogP contribution in [0.4, 0.5) is 8.78 Å². The minimum atomic E-state index is -5.63. The van der Waals surface area contributed by atoms with Gasteiger partial charge in [0, 0.05) is 10.9 Å². The lowest BCUT2D eigenvalue weighted by molar-refractivity contribution is 0.0564. The van der Waals surface area contributed by atoms with Crippen molar-refractivity contribution in [3.8, 4) is 5.75 Å². The molecule has 4 nitrogen and oxygen atoms in total. The summed E-state index contributed by atoms with van der Waals surface area (Å²) in [5.41, 5.74) is -5.24. The van der Waals surface area contributed by atoms with Crippen LogP contribution in [0.3, 0.4) is 0 Å². The van der Waals surface area contributed by atoms with Crippen LogP contribution >= 0.6 is 7.60 Å². The van der Waals surface area contributed by atoms with Crippen molar-refractivity contribution in [1.29, 1.82) is 0 Å². The molecule has 18 heavy (non-hydrogen) atoms. The summed E-state index contributed by atoms with van der Waals surface area (Å²) in [6.45, 7) is 0. The van der Waals surface area contributed by atoms with Gasteiger partial charge in [0.15, 0.2) is 0 Å². The average Bonchev–Trinajstić information content (AvgIpc) is 2.27. The molecule has 0 fully saturated rings. The van der Waals surface area contributed by atoms with Gasteiger partial charge in [-0.15, -0.1) is 0 Å². The fourth-order valence-electron chi connectivity index (χ4n) is 1.63. The summed E-state index contributed by atoms with van der Waals surface area (Å²) in [5, 5.41) is 10.2. The number of halogens is 2. The van der Waals surface area contributed by atoms with Gasteiger partial charge in [0.05, 0.1) is 0 Å². The Labute approximate surface area is 101 Å². The zero-order chi connectivity index (χ0) is 13.6. The van der Waals surface area contributed by atoms with Gasteiger partial charge in [-0.1, -0.05) is 24.3 Å². The highest BCUT2D eigenvalue weighted by molar-refractivity contribution is 7.52. The molecule has 0 aliphatic rings. The van der Waals surface area contributed by atoms with Crippen LogP contribution in [0.5, 0.6) is 5.75 Å². The van der Waals surface area contributed by atoms with Crippen molar-refractivity contribution in [3.63, 3.8) is 0 Å². The van der Waals surface area contributed by atoms with Crippen LogP contribution in [0.15, 0.2) is 36.4 Å². The summed E-state index contributed by atoms with van der Waals surface area (Å²) in [5.74, 6) is -0.448. The molecule has 0 aliphatic carbocycles. The van der Waals surface area contributed by atoms with E-state index < -0.39 is 24.6 Å². The Hall–Kier alpha value is -1.49. The molecule has 0 unspecified atom stereocenters. The summed E-state index contributed by atoms with van der Waals surface area (Å²) >= 11 is 0. The number of hydrogen-bond acceptors (Lipinski definition) is 2. The number of fused-ring (bicyclic) bond motifs is 1. The maximum atomic E-state index is 13.5. The number of phenols is 1. The van der Waals surface area contributed by atoms with E-state index in [4.69, 9.17) is 9.79 Å². The molecule has 3 N–H and O–H groups in total. The predicted octanol–water partition coefficient (Wildman–Crippen LogP) is 2.77. The molecule has 0 radical (unpaired) electrons. The first-order valence-electron chi connectivity index (χ1n) is 4.89. The van der Waals surface area contributed by atoms with E-state index in [9.17, 15) is 18.5 Å². The van der Waals surface area contributed by atoms with Crippen LogP contribution in [-0.2, 0) is 10.2 Å². The van der Waals surface area contributed by atoms with Gasteiger partial charge in [0.1, 0.15) is 5.75 Å². The molecule has 2 aromatic rings. The Morgan fingerprint density at radius 3 is 2.33 bits per heavy atom. The largest absolute Gasteiger partial charge is 0.507 e. The highest BCUT2D eigenvalue weighted by Gasteiger charge is 2.50. The molecule has 2 aromatic carbocycles. The zero-order valence-corrected chi connectivity index (χ0v) is 9.81. The van der Waals surface area contributed by atoms with E-state index in [1.54, 1.807) is 12.1 Å². The van der Waals surface area contributed by atoms with E-state index in [0.717, 1.165) is 6.07 Å². The van der Waals surface area contributed by atoms with Gasteiger partial charge in [-0.3, -0.25) is 4.57 Å². The molecule has 0 aliphatic heterocycles. The first kappa shape index (κ1) is 13.0. The molecule has 0 saturated carbocycles. The molecule has 0 heterocycles. The van der Waals surface area contributed by atoms with Gasteiger partial charge in [-0.2, -0.15) is 8.78 Å². The van der Waals surface area contributed by atoms with Crippen molar-refractivity contribution in [2.45, 2.75) is 5.66 Å². The molecule has 2 rings (SSSR count). The van der Waals surface area contributed by atoms with Gasteiger partial charge in [0.2, 0.25) is 0 Å². The maximum Gasteiger partial charge on any atom is 0.399 e. The lowest BCUT2D eigenvalue weighted by Crippen LogP contribution is -2.13. The van der Waals surface area contributed by atoms with Crippen LogP contribution in [0, 0.1) is 0 Å². The van der Waals surface area contributed by atoms with E-state index in [-0.39, 0.29) is 5.39 Å². The monoisotopic (exact) mass is 274 g/mol. The van der Waals surface area contributed by atoms with E-state index in [2.05, 4.69) is 0 Å². The van der Waals surface area contributed by atoms with Crippen molar-refractivity contribution in [1.82, 2.24) is 0 Å². The van der Waals surface area contributed by atoms with Crippen molar-refractivity contribution in [3.05, 3.63) is 42.0 Å². The van der Waals surface area contributed by atoms with Crippen molar-refractivity contribution in [2.75, 3.05) is 0 Å². The predicted molar refractivity (Wildman–Crippen MR) is 61.6 cm³/mol. The lowest BCUT2D eigenvalue weighted by Gasteiger charge is -2.18. The molecule has 0 atom stereocenters. The molecule has 0 bridgehead atoms. The van der Waals surface area contributed by atoms with Gasteiger partial charge in [0.25, 0.3) is 0 Å². The highest BCUT2D eigenvalue weighted by Crippen LogP contribution is 2.59. The topological polar surface area (TPSA) is 77.8 Å². The average molecular weight is 274 g/mol. The number of benzene rings is 2. The number of phenolic OH excluding ortho intramolecular Hbond substituents is 1. The van der Waals surface area contributed by atoms with Crippen molar-refractivity contribution < 1.29 is 28.2 Å². The Kier molecular flexibility index (Phi) is 2.89. The van der Waals surface area contributed by atoms with Gasteiger partial charge in [-0.25, -0.2) is 0 Å². The number of rotatable bonds is 2. The van der Waals surface area contributed by atoms with Gasteiger partial charge >= 0.3 is 13.3 Å². The van der Waals surface area contributed by atoms with Crippen LogP contribution in [0.2, 0.25) is 0 Å². The first-order valence-corrected chi connectivity index (χ1v) is 6.50. The van der Waals surface area contributed by atoms with Crippen LogP contribution in [-0.4, -0.2) is 14.9 Å². The Morgan fingerprint density at radius 2 is 1.72 bits per heavy atom. The molecule has 7 heteroatoms. The van der Waals surface area contributed by atoms with Crippen LogP contribution in [0.25, 0.3) is 10.8 Å². The Balaban J connectivity index is 2.71. The van der Waals surface area contributed by atoms with Gasteiger partial charge in [-0.05, 0) is 17.5 Å². The number of aromatic hydroxyl groups is 1. The van der Waals surface area contributed by atoms with E-state index in [1.807, 2.05) is 0 Å². The minimum absolute atomic E-state index is 0.278. The third-order valence-electron chi connectivity index (χ3n) is 2.55. The minimum Gasteiger partial charge on any atom is -0.507 e. The summed E-state index contributed by atoms with van der Waals surface area (Å²) in [6, 6.07) is 7.79. The third kappa shape index (κ3) is 1.99. The SMILES string of the molecule is O=P(O)(O)C(F)(F)c1cc(O)c2ccccc2c1. The van der Waals surface area contributed by atoms with Gasteiger partial charge < -0.3 is 14.9 Å². The van der Waals surface area contributed by atoms with Crippen LogP contribution < -0.4 is 0 Å². The molecule has 0 spiro atoms. The standard InChI is InChI=1S/C11H9F2O4P/c12-11(13,18(15,16)17)8-5-7-3-1-2-4-9(7)10(14)6-8/h1-6,14H,(H2,15,16,17). The second kappa shape index (κ2) is 4.02. The lowest BCUT2D eigenvalue weighted by atomic mass is 10.1. The molecule has 96 valence electrons. The van der Waals surface area contributed by atoms with E-state index in [1.165, 1.54) is 12.1 Å². The molecule has 0 saturated heterocycles. The molecular formula is C11H9F2O4P. The molecular weight excluding hydrogens is 265 g/mol. The maximum absolute atomic E-state index is 13.5. The quantitative estimate of drug-likeness (QED) is 0.736. The second-order valence-electron chi connectivity index (χ2n) is 3.80. The smallest absolute Gasteiger partial charge is 0.399 e. The normalized spacial score (nSPS) is 12.9. The summed E-state index contributed by atoms with van der Waals surface area (Å²) < 4.78 is 37.8. The third-order valence-corrected chi connectivity index (χ3v) is 3.54. The van der Waals surface area contributed by atoms with E-state index >= 15 is 0 Å². The fourth-order valence-corrected chi connectivity index (χ4v) is 2.10. The second-order valence-corrected chi connectivity index (χ2v) is 5.45. The number of hydrogen-bond donors (Lipinski definition) is 3. The van der Waals surface area contributed by atoms with Crippen molar-refractivity contribution in [2.24, 2.45) is 0 Å². The highest BCUT2D eigenvalue weighted by atomic mass is 31.2. The summed E-state index contributed by atoms with van der Waals surface area (Å²) in [6.07, 6.45) is 0.